The molecule has 2 unspecified atom stereocenters. The minimum Gasteiger partial charge on any atom is -0.387 e. The Bertz CT molecular complexity index is 2470. The lowest BCUT2D eigenvalue weighted by molar-refractivity contribution is -0.0640. The van der Waals surface area contributed by atoms with Crippen LogP contribution in [-0.4, -0.2) is 143 Å². The van der Waals surface area contributed by atoms with E-state index in [0.717, 1.165) is 36.8 Å². The van der Waals surface area contributed by atoms with Crippen molar-refractivity contribution in [2.75, 3.05) is 19.8 Å². The second-order valence-electron chi connectivity index (χ2n) is 12.9. The number of phosphoric acid groups is 2. The molecule has 30 nitrogen and oxygen atoms in total. The molecule has 60 heavy (non-hydrogen) atoms. The highest BCUT2D eigenvalue weighted by Gasteiger charge is 2.53. The molecule has 3 aliphatic rings. The molecule has 0 aliphatic carbocycles. The van der Waals surface area contributed by atoms with Gasteiger partial charge in [-0.15, -0.1) is 0 Å². The van der Waals surface area contributed by atoms with Crippen LogP contribution in [0.3, 0.4) is 0 Å². The van der Waals surface area contributed by atoms with Crippen LogP contribution >= 0.6 is 24.2 Å². The van der Waals surface area contributed by atoms with Crippen molar-refractivity contribution in [3.8, 4) is 0 Å². The average molecular weight is 921 g/mol. The summed E-state index contributed by atoms with van der Waals surface area (Å²) in [6, 6.07) is 2.63. The number of aliphatic hydroxyl groups excluding tert-OH is 4. The molecule has 3 aromatic heterocycles. The Hall–Kier alpha value is -3.71. The minimum absolute atomic E-state index is 0.608. The SMILES string of the molecule is O=c1ccn([C@@H]2O[C@H](COP(=O)(O)O[C@H]3[C@@H](O)[C@H](n4ccc(=O)[nH]c4=O)O[C@@H]3COP(=O)(O)O[C@H]3[C@@H](O)[C@H](n4ccc(=O)[nH]c4=O)O[C@@H]3COP(O)O)[C@@H](O)[C@H]2O)c(=O)[nH]1. The summed E-state index contributed by atoms with van der Waals surface area (Å²) in [6.07, 6.45) is -19.6. The minimum atomic E-state index is -5.51. The summed E-state index contributed by atoms with van der Waals surface area (Å²) < 4.78 is 70.0. The summed E-state index contributed by atoms with van der Waals surface area (Å²) >= 11 is 0. The lowest BCUT2D eigenvalue weighted by Gasteiger charge is -2.26. The zero-order chi connectivity index (χ0) is 43.8. The number of aromatic nitrogens is 6. The van der Waals surface area contributed by atoms with Gasteiger partial charge in [-0.1, -0.05) is 0 Å². The van der Waals surface area contributed by atoms with Crippen molar-refractivity contribution >= 4 is 24.2 Å². The van der Waals surface area contributed by atoms with Gasteiger partial charge in [0.05, 0.1) is 19.8 Å². The number of rotatable bonds is 16. The largest absolute Gasteiger partial charge is 0.472 e. The van der Waals surface area contributed by atoms with Gasteiger partial charge >= 0.3 is 41.3 Å². The van der Waals surface area contributed by atoms with E-state index < -0.39 is 151 Å². The number of aliphatic hydroxyl groups is 4. The fourth-order valence-corrected chi connectivity index (χ4v) is 8.46. The third-order valence-electron chi connectivity index (χ3n) is 9.00. The third-order valence-corrected chi connectivity index (χ3v) is 11.4. The van der Waals surface area contributed by atoms with Crippen molar-refractivity contribution < 1.29 is 86.0 Å². The Morgan fingerprint density at radius 3 is 1.30 bits per heavy atom. The molecule has 11 N–H and O–H groups in total. The molecule has 0 spiro atoms. The molecule has 0 amide bonds. The van der Waals surface area contributed by atoms with E-state index in [1.807, 2.05) is 15.0 Å². The van der Waals surface area contributed by atoms with Gasteiger partial charge in [0.1, 0.15) is 54.9 Å². The summed E-state index contributed by atoms with van der Waals surface area (Å²) in [5.41, 5.74) is -5.78. The Kier molecular flexibility index (Phi) is 14.0. The molecule has 0 bridgehead atoms. The normalized spacial score (nSPS) is 32.6. The second-order valence-corrected chi connectivity index (χ2v) is 16.5. The fraction of sp³-hybridized carbons (Fsp3) is 0.556. The van der Waals surface area contributed by atoms with Gasteiger partial charge in [0, 0.05) is 36.8 Å². The Balaban J connectivity index is 1.18. The molecule has 332 valence electrons. The predicted molar refractivity (Wildman–Crippen MR) is 188 cm³/mol. The monoisotopic (exact) mass is 920 g/mol. The van der Waals surface area contributed by atoms with E-state index in [2.05, 4.69) is 0 Å². The van der Waals surface area contributed by atoms with Gasteiger partial charge < -0.3 is 58.7 Å². The number of H-pyrrole nitrogens is 3. The smallest absolute Gasteiger partial charge is 0.387 e. The van der Waals surface area contributed by atoms with Crippen LogP contribution in [0.25, 0.3) is 0 Å². The van der Waals surface area contributed by atoms with E-state index in [9.17, 15) is 77.9 Å². The van der Waals surface area contributed by atoms with Crippen molar-refractivity contribution in [1.82, 2.24) is 28.7 Å². The van der Waals surface area contributed by atoms with Crippen LogP contribution in [0.5, 0.6) is 0 Å². The molecular weight excluding hydrogens is 885 g/mol. The van der Waals surface area contributed by atoms with Crippen LogP contribution < -0.4 is 33.7 Å². The third kappa shape index (κ3) is 10.3. The first-order chi connectivity index (χ1) is 28.1. The Morgan fingerprint density at radius 2 is 0.917 bits per heavy atom. The zero-order valence-corrected chi connectivity index (χ0v) is 32.5. The number of nitrogens with zero attached hydrogens (tertiary/aromatic N) is 3. The maximum atomic E-state index is 13.3. The van der Waals surface area contributed by atoms with Crippen LogP contribution in [0.4, 0.5) is 0 Å². The molecule has 6 heterocycles. The number of hydrogen-bond donors (Lipinski definition) is 11. The lowest BCUT2D eigenvalue weighted by Crippen LogP contribution is -2.39. The van der Waals surface area contributed by atoms with E-state index in [0.29, 0.717) is 13.7 Å². The molecule has 3 saturated heterocycles. The van der Waals surface area contributed by atoms with E-state index in [1.165, 1.54) is 0 Å². The molecule has 3 fully saturated rings. The van der Waals surface area contributed by atoms with Gasteiger partial charge in [0.2, 0.25) is 0 Å². The van der Waals surface area contributed by atoms with Crippen molar-refractivity contribution in [3.05, 3.63) is 99.3 Å². The fourth-order valence-electron chi connectivity index (χ4n) is 6.25. The summed E-state index contributed by atoms with van der Waals surface area (Å²) in [5.74, 6) is 0. The maximum Gasteiger partial charge on any atom is 0.472 e. The van der Waals surface area contributed by atoms with Crippen molar-refractivity contribution in [1.29, 1.82) is 0 Å². The predicted octanol–water partition coefficient (Wildman–Crippen LogP) is -5.99. The van der Waals surface area contributed by atoms with E-state index >= 15 is 0 Å². The van der Waals surface area contributed by atoms with E-state index in [4.69, 9.17) is 36.8 Å². The van der Waals surface area contributed by atoms with Gasteiger partial charge in [-0.25, -0.2) is 23.5 Å². The number of phosphoric ester groups is 2. The maximum absolute atomic E-state index is 13.3. The average Bonchev–Trinajstić information content (AvgIpc) is 3.74. The highest BCUT2D eigenvalue weighted by molar-refractivity contribution is 7.47. The number of ether oxygens (including phenoxy) is 3. The molecule has 0 aromatic carbocycles. The van der Waals surface area contributed by atoms with E-state index in [-0.39, 0.29) is 0 Å². The topological polar surface area (TPSA) is 434 Å². The second kappa shape index (κ2) is 18.3. The van der Waals surface area contributed by atoms with Gasteiger partial charge in [-0.3, -0.25) is 61.1 Å². The van der Waals surface area contributed by atoms with Gasteiger partial charge in [-0.2, -0.15) is 0 Å². The lowest BCUT2D eigenvalue weighted by atomic mass is 10.1. The van der Waals surface area contributed by atoms with Crippen molar-refractivity contribution in [3.63, 3.8) is 0 Å². The van der Waals surface area contributed by atoms with Crippen LogP contribution in [0.1, 0.15) is 18.7 Å². The molecule has 33 heteroatoms. The highest BCUT2D eigenvalue weighted by Crippen LogP contribution is 2.52. The molecule has 0 radical (unpaired) electrons. The van der Waals surface area contributed by atoms with Crippen LogP contribution in [0.15, 0.2) is 65.6 Å². The molecule has 3 aromatic rings. The number of hydrogen-bond acceptors (Lipinski definition) is 22. The standard InChI is InChI=1S/C27H35N6O24P3/c34-13-1-4-31(25(41)28-13)22-17(38)16(37)10(53-22)8-51-59(46,47)57-21-12(55-24(19(21)40)33-6-3-15(36)30-27(33)43)9-52-60(48,49)56-20-11(7-50-58(44)45)54-23(18(20)39)32-5-2-14(35)29-26(32)42/h1-6,10-12,16-24,37-40,44-45H,7-9H2,(H,46,47)(H,48,49)(H,28,34,41)(H,29,35,42)(H,30,36,43)/t10-,11-,12-,16-,17-,18-,19-,20-,21-,22-,23-,24-/m1/s1. The summed E-state index contributed by atoms with van der Waals surface area (Å²) in [4.78, 5) is 117. The molecule has 14 atom stereocenters. The van der Waals surface area contributed by atoms with Crippen LogP contribution in [0.2, 0.25) is 0 Å². The first-order valence-electron chi connectivity index (χ1n) is 16.9. The Labute approximate surface area is 331 Å². The first kappa shape index (κ1) is 45.8. The van der Waals surface area contributed by atoms with Gasteiger partial charge in [0.25, 0.3) is 16.7 Å². The first-order valence-corrected chi connectivity index (χ1v) is 21.1. The highest BCUT2D eigenvalue weighted by atomic mass is 31.2. The summed E-state index contributed by atoms with van der Waals surface area (Å²) in [5, 5.41) is 43.2. The Morgan fingerprint density at radius 1 is 0.567 bits per heavy atom. The van der Waals surface area contributed by atoms with Crippen LogP contribution in [-0.2, 0) is 46.0 Å². The molecular formula is C27H35N6O24P3. The van der Waals surface area contributed by atoms with Gasteiger partial charge in [-0.05, 0) is 0 Å². The van der Waals surface area contributed by atoms with Crippen molar-refractivity contribution in [2.45, 2.75) is 73.6 Å². The molecule has 0 saturated carbocycles. The summed E-state index contributed by atoms with van der Waals surface area (Å²) in [7, 11) is -14.0. The van der Waals surface area contributed by atoms with Gasteiger partial charge in [0.15, 0.2) is 18.7 Å². The molecule has 6 rings (SSSR count). The van der Waals surface area contributed by atoms with Crippen LogP contribution in [0, 0.1) is 0 Å². The quantitative estimate of drug-likeness (QED) is 0.0596. The summed E-state index contributed by atoms with van der Waals surface area (Å²) in [6.45, 7) is -3.06. The zero-order valence-electron chi connectivity index (χ0n) is 29.8. The van der Waals surface area contributed by atoms with E-state index in [1.54, 1.807) is 0 Å². The number of nitrogens with one attached hydrogen (secondary N) is 3. The number of aromatic amines is 3. The van der Waals surface area contributed by atoms with Crippen molar-refractivity contribution in [2.24, 2.45) is 0 Å². The molecule has 3 aliphatic heterocycles.